The number of nitrogens with one attached hydrogen (secondary N) is 1. The number of nitrogens with two attached hydrogens (primary N) is 1. The Kier molecular flexibility index (Phi) is 6.59. The second-order valence-electron chi connectivity index (χ2n) is 8.42. The lowest BCUT2D eigenvalue weighted by molar-refractivity contribution is -0.137. The van der Waals surface area contributed by atoms with Gasteiger partial charge in [-0.3, -0.25) is 23.7 Å². The van der Waals surface area contributed by atoms with E-state index in [1.807, 2.05) is 12.1 Å². The van der Waals surface area contributed by atoms with Crippen LogP contribution in [0.3, 0.4) is 0 Å². The predicted molar refractivity (Wildman–Crippen MR) is 142 cm³/mol. The highest BCUT2D eigenvalue weighted by molar-refractivity contribution is 7.81. The van der Waals surface area contributed by atoms with E-state index < -0.39 is 29.9 Å². The molecule has 5 rings (SSSR count). The molecule has 0 fully saturated rings. The zero-order valence-electron chi connectivity index (χ0n) is 19.7. The number of fused-ring (bicyclic) bond motifs is 2. The lowest BCUT2D eigenvalue weighted by Crippen LogP contribution is -2.20. The number of para-hydroxylation sites is 1. The highest BCUT2D eigenvalue weighted by atomic mass is 32.2. The number of aromatic nitrogens is 3. The number of aliphatic hydroxyl groups is 1. The highest BCUT2D eigenvalue weighted by Crippen LogP contribution is 2.35. The number of carbonyl (C=O) groups is 1. The van der Waals surface area contributed by atoms with E-state index in [1.54, 1.807) is 54.7 Å². The molecule has 0 aliphatic rings. The van der Waals surface area contributed by atoms with Gasteiger partial charge in [-0.1, -0.05) is 42.5 Å². The van der Waals surface area contributed by atoms with E-state index in [1.165, 1.54) is 16.7 Å². The Labute approximate surface area is 218 Å². The molecule has 11 nitrogen and oxygen atoms in total. The number of aliphatic carboxylic acids is 1. The fourth-order valence-electron chi connectivity index (χ4n) is 4.32. The molecule has 5 aromatic rings. The molecule has 0 aliphatic heterocycles. The van der Waals surface area contributed by atoms with Crippen molar-refractivity contribution in [2.75, 3.05) is 4.31 Å². The van der Waals surface area contributed by atoms with E-state index in [0.29, 0.717) is 33.4 Å². The summed E-state index contributed by atoms with van der Waals surface area (Å²) >= 11 is -2.72. The lowest BCUT2D eigenvalue weighted by Gasteiger charge is -2.27. The van der Waals surface area contributed by atoms with Crippen LogP contribution in [-0.4, -0.2) is 45.3 Å². The summed E-state index contributed by atoms with van der Waals surface area (Å²) in [6.07, 6.45) is 0.281. The molecule has 5 N–H and O–H groups in total. The molecule has 0 bridgehead atoms. The Morgan fingerprint density at radius 2 is 1.87 bits per heavy atom. The van der Waals surface area contributed by atoms with Gasteiger partial charge in [0.2, 0.25) is 0 Å². The zero-order chi connectivity index (χ0) is 27.0. The Bertz CT molecular complexity index is 1710. The molecular formula is C26H21N6O5S-. The molecule has 192 valence electrons. The second-order valence-corrected chi connectivity index (χ2v) is 9.22. The van der Waals surface area contributed by atoms with Crippen molar-refractivity contribution in [1.82, 2.24) is 14.5 Å². The Morgan fingerprint density at radius 1 is 1.13 bits per heavy atom. The summed E-state index contributed by atoms with van der Waals surface area (Å²) < 4.78 is 27.2. The minimum absolute atomic E-state index is 0.0664. The van der Waals surface area contributed by atoms with Gasteiger partial charge < -0.3 is 25.1 Å². The largest absolute Gasteiger partial charge is 0.755 e. The number of anilines is 2. The average molecular weight is 530 g/mol. The number of nitrogens with zero attached hydrogens (tertiary/aromatic N) is 4. The van der Waals surface area contributed by atoms with Crippen molar-refractivity contribution in [1.29, 1.82) is 5.41 Å². The monoisotopic (exact) mass is 529 g/mol. The maximum atomic E-state index is 12.4. The second kappa shape index (κ2) is 10.0. The molecule has 0 aliphatic carbocycles. The van der Waals surface area contributed by atoms with Gasteiger partial charge in [-0.25, -0.2) is 4.98 Å². The maximum absolute atomic E-state index is 12.4. The molecule has 0 radical (unpaired) electrons. The van der Waals surface area contributed by atoms with Crippen LogP contribution >= 0.6 is 0 Å². The van der Waals surface area contributed by atoms with E-state index in [4.69, 9.17) is 11.1 Å². The number of nitrogen functional groups attached to an aromatic ring is 1. The molecule has 2 aromatic heterocycles. The lowest BCUT2D eigenvalue weighted by atomic mass is 10.1. The minimum Gasteiger partial charge on any atom is -0.755 e. The molecule has 38 heavy (non-hydrogen) atoms. The quantitative estimate of drug-likeness (QED) is 0.134. The molecular weight excluding hydrogens is 508 g/mol. The highest BCUT2D eigenvalue weighted by Gasteiger charge is 2.23. The SMILES string of the molecule is N=C(N)c1ccc(C(O)c2nc3cc(N(c4cccc5cccnc45)S(=O)[O-])ccc3n2CC(=O)O)cc1. The van der Waals surface area contributed by atoms with E-state index >= 15 is 0 Å². The van der Waals surface area contributed by atoms with Crippen LogP contribution in [0, 0.1) is 5.41 Å². The van der Waals surface area contributed by atoms with Crippen molar-refractivity contribution in [3.63, 3.8) is 0 Å². The van der Waals surface area contributed by atoms with Crippen LogP contribution in [0.25, 0.3) is 21.9 Å². The van der Waals surface area contributed by atoms with E-state index in [-0.39, 0.29) is 17.3 Å². The first-order valence-corrected chi connectivity index (χ1v) is 12.4. The number of carboxylic acid groups (broad SMARTS) is 1. The van der Waals surface area contributed by atoms with Crippen molar-refractivity contribution in [3.05, 3.63) is 95.9 Å². The number of aliphatic hydroxyl groups excluding tert-OH is 1. The molecule has 0 saturated heterocycles. The van der Waals surface area contributed by atoms with E-state index in [0.717, 1.165) is 9.69 Å². The van der Waals surface area contributed by atoms with Gasteiger partial charge in [0.25, 0.3) is 0 Å². The van der Waals surface area contributed by atoms with Crippen LogP contribution in [0.5, 0.6) is 0 Å². The summed E-state index contributed by atoms with van der Waals surface area (Å²) in [5, 5.41) is 28.9. The number of imidazole rings is 1. The molecule has 2 unspecified atom stereocenters. The first-order chi connectivity index (χ1) is 18.2. The first kappa shape index (κ1) is 25.0. The average Bonchev–Trinajstić information content (AvgIpc) is 3.25. The summed E-state index contributed by atoms with van der Waals surface area (Å²) in [4.78, 5) is 20.5. The summed E-state index contributed by atoms with van der Waals surface area (Å²) in [5.41, 5.74) is 8.17. The molecule has 0 saturated carbocycles. The fourth-order valence-corrected chi connectivity index (χ4v) is 4.92. The number of amidine groups is 1. The molecule has 3 aromatic carbocycles. The third-order valence-electron chi connectivity index (χ3n) is 6.05. The van der Waals surface area contributed by atoms with E-state index in [2.05, 4.69) is 9.97 Å². The number of hydrogen-bond acceptors (Lipinski definition) is 7. The van der Waals surface area contributed by atoms with Gasteiger partial charge in [0.05, 0.1) is 39.2 Å². The van der Waals surface area contributed by atoms with Gasteiger partial charge in [-0.15, -0.1) is 0 Å². The first-order valence-electron chi connectivity index (χ1n) is 11.3. The van der Waals surface area contributed by atoms with Crippen molar-refractivity contribution >= 4 is 56.4 Å². The van der Waals surface area contributed by atoms with Crippen molar-refractivity contribution in [2.45, 2.75) is 12.6 Å². The molecule has 12 heteroatoms. The minimum atomic E-state index is -2.72. The summed E-state index contributed by atoms with van der Waals surface area (Å²) in [6.45, 7) is -0.474. The topological polar surface area (TPSA) is 181 Å². The standard InChI is InChI=1S/C26H22N6O5S/c27-25(28)17-8-6-16(7-9-17)24(35)26-30-19-13-18(10-11-20(19)31(26)14-22(33)34)32(38(36)37)21-5-1-3-15-4-2-12-29-23(15)21/h1-13,24,35H,14H2,(H3,27,28)(H,33,34)(H,36,37)/p-1. The van der Waals surface area contributed by atoms with Crippen LogP contribution in [0.4, 0.5) is 11.4 Å². The normalized spacial score (nSPS) is 12.9. The van der Waals surface area contributed by atoms with Crippen LogP contribution in [0.2, 0.25) is 0 Å². The summed E-state index contributed by atoms with van der Waals surface area (Å²) in [7, 11) is 0. The van der Waals surface area contributed by atoms with Crippen molar-refractivity contribution in [2.24, 2.45) is 5.73 Å². The van der Waals surface area contributed by atoms with Crippen LogP contribution in [-0.2, 0) is 22.6 Å². The number of benzene rings is 3. The number of hydrogen-bond donors (Lipinski definition) is 4. The van der Waals surface area contributed by atoms with Gasteiger partial charge in [0.15, 0.2) is 0 Å². The van der Waals surface area contributed by atoms with Gasteiger partial charge in [-0.2, -0.15) is 0 Å². The Morgan fingerprint density at radius 3 is 2.55 bits per heavy atom. The van der Waals surface area contributed by atoms with Crippen LogP contribution < -0.4 is 10.0 Å². The smallest absolute Gasteiger partial charge is 0.323 e. The van der Waals surface area contributed by atoms with Crippen molar-refractivity contribution < 1.29 is 23.8 Å². The Hall–Kier alpha value is -4.65. The van der Waals surface area contributed by atoms with Crippen LogP contribution in [0.15, 0.2) is 79.0 Å². The maximum Gasteiger partial charge on any atom is 0.323 e. The molecule has 0 spiro atoms. The van der Waals surface area contributed by atoms with Gasteiger partial charge >= 0.3 is 5.97 Å². The van der Waals surface area contributed by atoms with Gasteiger partial charge in [-0.05, 0) is 35.9 Å². The zero-order valence-corrected chi connectivity index (χ0v) is 20.5. The molecule has 2 heterocycles. The van der Waals surface area contributed by atoms with Crippen LogP contribution in [0.1, 0.15) is 23.1 Å². The number of pyridine rings is 1. The molecule has 0 amide bonds. The Balaban J connectivity index is 1.63. The van der Waals surface area contributed by atoms with E-state index in [9.17, 15) is 23.8 Å². The number of rotatable bonds is 8. The number of carboxylic acids is 1. The fraction of sp³-hybridized carbons (Fsp3) is 0.0769. The van der Waals surface area contributed by atoms with Gasteiger partial charge in [0.1, 0.15) is 24.3 Å². The molecule has 2 atom stereocenters. The predicted octanol–water partition coefficient (Wildman–Crippen LogP) is 2.97. The summed E-state index contributed by atoms with van der Waals surface area (Å²) in [5.74, 6) is -1.20. The summed E-state index contributed by atoms with van der Waals surface area (Å²) in [6, 6.07) is 19.7. The third-order valence-corrected chi connectivity index (χ3v) is 6.76. The van der Waals surface area contributed by atoms with Crippen molar-refractivity contribution in [3.8, 4) is 0 Å². The third kappa shape index (κ3) is 4.59. The van der Waals surface area contributed by atoms with Gasteiger partial charge in [0, 0.05) is 17.1 Å².